The number of aromatic amines is 1. The second-order valence-corrected chi connectivity index (χ2v) is 43.9. The number of thioether (sulfide) groups is 2. The Hall–Kier alpha value is -10.7. The quantitative estimate of drug-likeness (QED) is 0.0283. The van der Waals surface area contributed by atoms with Gasteiger partial charge >= 0.3 is 0 Å². The Morgan fingerprint density at radius 2 is 0.811 bits per heavy atom. The highest BCUT2D eigenvalue weighted by Crippen LogP contribution is 2.56. The van der Waals surface area contributed by atoms with Crippen molar-refractivity contribution in [1.82, 2.24) is 40.0 Å². The highest BCUT2D eigenvalue weighted by Gasteiger charge is 2.51. The maximum Gasteiger partial charge on any atom is 0.261 e. The Morgan fingerprint density at radius 3 is 1.20 bits per heavy atom. The first-order valence-electron chi connectivity index (χ1n) is 48.3. The molecule has 0 bridgehead atoms. The normalized spacial score (nSPS) is 15.0. The molecule has 3 amide bonds. The van der Waals surface area contributed by atoms with Gasteiger partial charge in [-0.15, -0.1) is 46.2 Å². The number of Topliss-reactive ketones (excluding diaryl/α,β-unsaturated/α-hetero) is 1. The summed E-state index contributed by atoms with van der Waals surface area (Å²) >= 11 is 7.67. The molecule has 4 aliphatic heterocycles. The number of benzene rings is 4. The van der Waals surface area contributed by atoms with Gasteiger partial charge in [0.05, 0.1) is 141 Å². The number of carbonyl (C=O) groups is 4. The summed E-state index contributed by atoms with van der Waals surface area (Å²) in [7, 11) is 3.36. The summed E-state index contributed by atoms with van der Waals surface area (Å²) in [5.41, 5.74) is 32.5. The topological polar surface area (TPSA) is 222 Å². The maximum atomic E-state index is 13.8. The van der Waals surface area contributed by atoms with E-state index in [4.69, 9.17) is 33.4 Å². The number of aryl methyl sites for hydroxylation is 10. The van der Waals surface area contributed by atoms with Gasteiger partial charge in [0.2, 0.25) is 0 Å². The Morgan fingerprint density at radius 1 is 0.427 bits per heavy atom. The van der Waals surface area contributed by atoms with Crippen molar-refractivity contribution >= 4 is 98.1 Å². The summed E-state index contributed by atoms with van der Waals surface area (Å²) in [6.45, 7) is 50.0. The van der Waals surface area contributed by atoms with E-state index in [9.17, 15) is 19.2 Å². The lowest BCUT2D eigenvalue weighted by molar-refractivity contribution is -0.124. The van der Waals surface area contributed by atoms with Crippen LogP contribution < -0.4 is 5.32 Å². The number of allylic oxidation sites excluding steroid dienone is 1. The van der Waals surface area contributed by atoms with Gasteiger partial charge in [-0.2, -0.15) is 0 Å². The summed E-state index contributed by atoms with van der Waals surface area (Å²) in [5, 5.41) is 4.26. The average molecular weight is 2010 g/mol. The van der Waals surface area contributed by atoms with Gasteiger partial charge in [-0.25, -0.2) is 0 Å². The third-order valence-electron chi connectivity index (χ3n) is 25.3. The highest BCUT2D eigenvalue weighted by atomic mass is 32.2. The van der Waals surface area contributed by atoms with Gasteiger partial charge in [-0.05, 0) is 232 Å². The molecule has 23 heteroatoms. The fraction of sp³-hybridized carbons (Fsp3) is 0.425. The van der Waals surface area contributed by atoms with Crippen molar-refractivity contribution in [2.45, 2.75) is 216 Å². The van der Waals surface area contributed by atoms with Gasteiger partial charge in [-0.3, -0.25) is 44.1 Å². The molecule has 4 aromatic carbocycles. The number of pyridine rings is 4. The van der Waals surface area contributed by atoms with E-state index < -0.39 is 0 Å². The van der Waals surface area contributed by atoms with E-state index in [-0.39, 0.29) is 95.1 Å². The Bertz CT molecular complexity index is 6110. The number of thiophene rings is 2. The highest BCUT2D eigenvalue weighted by molar-refractivity contribution is 7.99. The summed E-state index contributed by atoms with van der Waals surface area (Å²) in [5.74, 6) is 3.38. The average Bonchev–Trinajstić information content (AvgIpc) is 1.54. The van der Waals surface area contributed by atoms with Crippen LogP contribution in [0.15, 0.2) is 203 Å². The van der Waals surface area contributed by atoms with Gasteiger partial charge in [0.15, 0.2) is 5.78 Å². The van der Waals surface area contributed by atoms with Crippen molar-refractivity contribution in [1.29, 1.82) is 0 Å². The zero-order chi connectivity index (χ0) is 98.6. The van der Waals surface area contributed by atoms with Crippen molar-refractivity contribution in [3.8, 4) is 32.8 Å². The summed E-state index contributed by atoms with van der Waals surface area (Å²) in [4.78, 5) is 88.4. The standard InChI is InChI=1S/C29H42O6.C26H30N4O2.C24H30N2S4.C19H15N3O2.C17H18.5CH4/c1-23-5-7-25-26-8-6-24(2)22-28(26)29(27(25)21-23,9-11-32-17-19-34-15-13-30-3)10-12-33-18-20-35-16-14-31-4;1-15(2)13-29-23(19-9-7-17(5)11-27-19)21-22(25(29)31)24(20-10-8-18(6)12-28-20)30(26(21)32)14-16(3)4;1-13(2)11-27-23-19-20(22(25-23)18-10-8-16(6)30-18)24(28-12-14(3)4)26-21(19)17-9-7-15(5)29-17;1-10-3-5-13(20-8-10)12-7-15(23)17-16(12)19(24)22-18(17)14-6-4-11(2)9-21-14;1-11-5-7-13-14-8-6-12(2)10-16(14)17(3,4)15(13)9-11;;;;;/h5-8,21-22H,9-20H2,1-4H3;7-12,15-16H,13-14H2,1-6H3;7-10,13-14,23,26H,11-12H2,1-6H3;3-6,8-9H,7H2,1-2H3,(H,22,24);5-10H,1-4H3;5*1H4. The number of ether oxygens (including phenoxy) is 6. The van der Waals surface area contributed by atoms with Crippen molar-refractivity contribution in [3.63, 3.8) is 0 Å². The van der Waals surface area contributed by atoms with E-state index in [1.54, 1.807) is 48.8 Å². The van der Waals surface area contributed by atoms with Crippen LogP contribution in [0.1, 0.15) is 246 Å². The molecule has 3 aliphatic carbocycles. The molecular weight excluding hydrogens is 1860 g/mol. The number of nitrogens with zero attached hydrogens (tertiary/aromatic N) is 7. The first-order chi connectivity index (χ1) is 66.2. The van der Waals surface area contributed by atoms with Crippen LogP contribution in [0.4, 0.5) is 0 Å². The van der Waals surface area contributed by atoms with Crippen molar-refractivity contribution in [2.75, 3.05) is 105 Å². The SMILES string of the molecule is C.C.C.C.C.COCCOCCOCCC1(CCOCCOCCOC)c2cc(C)ccc2-c2ccc(C)cc21.Cc1ccc(C2=C3C(=O)N(CC(C)C)C(c4ccc(C)cn4)=C3C(=O)N2CC(C)C)nc1.Cc1ccc(C2=C3C(=O)NC(c4ccc(C)cn4)=C3C(=O)C2)nc1.Cc1ccc(C2=NC(SCC(C)C)c3c(-c4ccc(C)s4)[nH]c(SCC(C)C)c32)s1.Cc1ccc2c(c1)C(C)(C)c1cc(C)ccc1-2. The molecule has 0 saturated carbocycles. The van der Waals surface area contributed by atoms with Gasteiger partial charge in [0, 0.05) is 109 Å². The molecule has 11 heterocycles. The van der Waals surface area contributed by atoms with E-state index >= 15 is 0 Å². The lowest BCUT2D eigenvalue weighted by Crippen LogP contribution is -2.33. The zero-order valence-corrected chi connectivity index (χ0v) is 87.7. The monoisotopic (exact) mass is 2010 g/mol. The predicted molar refractivity (Wildman–Crippen MR) is 599 cm³/mol. The Labute approximate surface area is 870 Å². The van der Waals surface area contributed by atoms with Crippen molar-refractivity contribution in [3.05, 3.63) is 308 Å². The third-order valence-corrected chi connectivity index (χ3v) is 30.3. The number of hydrogen-bond acceptors (Lipinski definition) is 19. The van der Waals surface area contributed by atoms with Crippen LogP contribution in [-0.4, -0.2) is 169 Å². The molecule has 7 aromatic heterocycles. The number of hydrogen-bond donors (Lipinski definition) is 2. The lowest BCUT2D eigenvalue weighted by Gasteiger charge is -2.33. The third kappa shape index (κ3) is 26.6. The number of amides is 3. The molecule has 143 heavy (non-hydrogen) atoms. The van der Waals surface area contributed by atoms with Crippen LogP contribution in [0.25, 0.3) is 55.5 Å². The molecule has 11 aromatic rings. The van der Waals surface area contributed by atoms with E-state index in [2.05, 4.69) is 238 Å². The van der Waals surface area contributed by atoms with Crippen LogP contribution in [-0.2, 0) is 58.4 Å². The van der Waals surface area contributed by atoms with Gasteiger partial charge in [-0.1, -0.05) is 226 Å². The number of aromatic nitrogens is 5. The first kappa shape index (κ1) is 116. The number of carbonyl (C=O) groups excluding carboxylic acids is 4. The minimum atomic E-state index is -0.259. The predicted octanol–water partition coefficient (Wildman–Crippen LogP) is 27.5. The summed E-state index contributed by atoms with van der Waals surface area (Å²) in [6.07, 6.45) is 9.00. The van der Waals surface area contributed by atoms with Gasteiger partial charge in [0.25, 0.3) is 17.7 Å². The molecule has 0 fully saturated rings. The van der Waals surface area contributed by atoms with Crippen LogP contribution in [0.3, 0.4) is 0 Å². The lowest BCUT2D eigenvalue weighted by atomic mass is 9.72. The number of aliphatic imine (C=N–C) groups is 1. The molecule has 764 valence electrons. The largest absolute Gasteiger partial charge is 0.382 e. The van der Waals surface area contributed by atoms with Crippen LogP contribution in [0, 0.1) is 92.9 Å². The number of rotatable bonds is 34. The van der Waals surface area contributed by atoms with E-state index in [1.807, 2.05) is 122 Å². The Kier molecular flexibility index (Phi) is 42.1. The van der Waals surface area contributed by atoms with Crippen molar-refractivity contribution in [2.24, 2.45) is 28.7 Å². The minimum Gasteiger partial charge on any atom is -0.382 e. The van der Waals surface area contributed by atoms with Gasteiger partial charge < -0.3 is 48.5 Å². The molecule has 0 saturated heterocycles. The number of H-pyrrole nitrogens is 1. The second-order valence-electron chi connectivity index (χ2n) is 39.1. The number of fused-ring (bicyclic) bond motifs is 9. The summed E-state index contributed by atoms with van der Waals surface area (Å²) < 4.78 is 33.2. The van der Waals surface area contributed by atoms with Crippen molar-refractivity contribution < 1.29 is 47.6 Å². The molecule has 7 aliphatic rings. The molecule has 18 rings (SSSR count). The molecule has 1 atom stereocenters. The minimum absolute atomic E-state index is 0. The van der Waals surface area contributed by atoms with Crippen LogP contribution >= 0.6 is 46.2 Å². The van der Waals surface area contributed by atoms with Crippen LogP contribution in [0.2, 0.25) is 0 Å². The fourth-order valence-electron chi connectivity index (χ4n) is 18.5. The fourth-order valence-corrected chi connectivity index (χ4v) is 22.5. The summed E-state index contributed by atoms with van der Waals surface area (Å²) in [6, 6.07) is 51.5. The van der Waals surface area contributed by atoms with E-state index in [0.29, 0.717) is 159 Å². The molecule has 1 unspecified atom stereocenters. The molecule has 2 N–H and O–H groups in total. The zero-order valence-electron chi connectivity index (χ0n) is 84.4. The van der Waals surface area contributed by atoms with E-state index in [1.165, 1.54) is 114 Å². The number of methoxy groups -OCH3 is 2. The molecular formula is C120H155N9O10S4. The maximum absolute atomic E-state index is 13.8. The Balaban J connectivity index is 0.000000200. The molecule has 19 nitrogen and oxygen atoms in total. The molecule has 0 spiro atoms. The number of nitrogens with one attached hydrogen (secondary N) is 2. The van der Waals surface area contributed by atoms with E-state index in [0.717, 1.165) is 46.6 Å². The first-order valence-corrected chi connectivity index (χ1v) is 52.0. The smallest absolute Gasteiger partial charge is 0.261 e. The van der Waals surface area contributed by atoms with Gasteiger partial charge in [0.1, 0.15) is 5.37 Å². The number of ketones is 1. The molecule has 0 radical (unpaired) electrons. The van der Waals surface area contributed by atoms with Crippen LogP contribution in [0.5, 0.6) is 0 Å². The second kappa shape index (κ2) is 51.9.